The Morgan fingerprint density at radius 3 is 2.80 bits per heavy atom. The lowest BCUT2D eigenvalue weighted by molar-refractivity contribution is -0.140. The molecular formula is C13H20N2O4S. The lowest BCUT2D eigenvalue weighted by atomic mass is 10.1. The monoisotopic (exact) mass is 300 g/mol. The summed E-state index contributed by atoms with van der Waals surface area (Å²) in [5.41, 5.74) is 0.280. The average Bonchev–Trinajstić information content (AvgIpc) is 2.85. The zero-order valence-electron chi connectivity index (χ0n) is 12.0. The first-order valence-electron chi connectivity index (χ1n) is 6.53. The fourth-order valence-electron chi connectivity index (χ4n) is 1.27. The Morgan fingerprint density at radius 2 is 2.15 bits per heavy atom. The lowest BCUT2D eigenvalue weighted by Crippen LogP contribution is -2.10. The molecule has 0 saturated heterocycles. The second kappa shape index (κ2) is 8.63. The number of aromatic nitrogens is 2. The van der Waals surface area contributed by atoms with Crippen LogP contribution in [0.4, 0.5) is 0 Å². The number of hydrogen-bond donors (Lipinski definition) is 1. The van der Waals surface area contributed by atoms with Gasteiger partial charge < -0.3 is 14.5 Å². The predicted molar refractivity (Wildman–Crippen MR) is 75.7 cm³/mol. The first-order valence-corrected chi connectivity index (χ1v) is 7.52. The van der Waals surface area contributed by atoms with Crippen LogP contribution in [-0.4, -0.2) is 40.9 Å². The molecule has 1 rings (SSSR count). The zero-order chi connectivity index (χ0) is 15.0. The molecule has 0 amide bonds. The molecule has 0 aliphatic rings. The maximum absolute atomic E-state index is 11.5. The number of carbonyl (C=O) groups is 2. The highest BCUT2D eigenvalue weighted by Crippen LogP contribution is 2.14. The SMILES string of the molecule is CCOC(=O)c1cnc(SCC(=O)OCCC(C)C)[nH]1. The summed E-state index contributed by atoms with van der Waals surface area (Å²) in [5.74, 6) is -0.0720. The van der Waals surface area contributed by atoms with E-state index >= 15 is 0 Å². The molecule has 0 spiro atoms. The van der Waals surface area contributed by atoms with Crippen LogP contribution >= 0.6 is 11.8 Å². The molecule has 0 radical (unpaired) electrons. The number of nitrogens with one attached hydrogen (secondary N) is 1. The van der Waals surface area contributed by atoms with Gasteiger partial charge in [-0.05, 0) is 19.3 Å². The summed E-state index contributed by atoms with van der Waals surface area (Å²) in [4.78, 5) is 29.7. The second-order valence-corrected chi connectivity index (χ2v) is 5.48. The Bertz CT molecular complexity index is 445. The second-order valence-electron chi connectivity index (χ2n) is 4.51. The third kappa shape index (κ3) is 6.10. The van der Waals surface area contributed by atoms with Crippen LogP contribution < -0.4 is 0 Å². The van der Waals surface area contributed by atoms with Crippen LogP contribution in [0, 0.1) is 5.92 Å². The van der Waals surface area contributed by atoms with Gasteiger partial charge in [0.1, 0.15) is 5.69 Å². The summed E-state index contributed by atoms with van der Waals surface area (Å²) in [5, 5.41) is 0.494. The maximum atomic E-state index is 11.5. The predicted octanol–water partition coefficient (Wildman–Crippen LogP) is 2.27. The van der Waals surface area contributed by atoms with Gasteiger partial charge in [0.2, 0.25) is 0 Å². The van der Waals surface area contributed by atoms with Crippen LogP contribution in [0.25, 0.3) is 0 Å². The number of imidazole rings is 1. The average molecular weight is 300 g/mol. The van der Waals surface area contributed by atoms with Gasteiger partial charge in [0.25, 0.3) is 0 Å². The van der Waals surface area contributed by atoms with Crippen LogP contribution in [0.15, 0.2) is 11.4 Å². The van der Waals surface area contributed by atoms with Gasteiger partial charge in [-0.15, -0.1) is 0 Å². The fourth-order valence-corrected chi connectivity index (χ4v) is 1.91. The van der Waals surface area contributed by atoms with Crippen molar-refractivity contribution in [1.82, 2.24) is 9.97 Å². The van der Waals surface area contributed by atoms with Gasteiger partial charge in [-0.2, -0.15) is 0 Å². The summed E-state index contributed by atoms with van der Waals surface area (Å²) in [6.07, 6.45) is 2.24. The van der Waals surface area contributed by atoms with Crippen molar-refractivity contribution in [3.8, 4) is 0 Å². The van der Waals surface area contributed by atoms with Gasteiger partial charge in [0, 0.05) is 0 Å². The highest BCUT2D eigenvalue weighted by atomic mass is 32.2. The number of esters is 2. The molecule has 112 valence electrons. The first-order chi connectivity index (χ1) is 9.52. The molecule has 0 aliphatic carbocycles. The normalized spacial score (nSPS) is 10.6. The molecule has 1 aromatic heterocycles. The highest BCUT2D eigenvalue weighted by Gasteiger charge is 2.12. The van der Waals surface area contributed by atoms with E-state index in [0.717, 1.165) is 6.42 Å². The number of carbonyl (C=O) groups excluding carboxylic acids is 2. The molecule has 0 atom stereocenters. The number of aromatic amines is 1. The third-order valence-corrected chi connectivity index (χ3v) is 3.19. The Kier molecular flexibility index (Phi) is 7.14. The molecule has 1 N–H and O–H groups in total. The Labute approximate surface area is 122 Å². The highest BCUT2D eigenvalue weighted by molar-refractivity contribution is 7.99. The minimum absolute atomic E-state index is 0.161. The van der Waals surface area contributed by atoms with Crippen molar-refractivity contribution in [2.75, 3.05) is 19.0 Å². The standard InChI is InChI=1S/C13H20N2O4S/c1-4-18-12(17)10-7-14-13(15-10)20-8-11(16)19-6-5-9(2)3/h7,9H,4-6,8H2,1-3H3,(H,14,15). The van der Waals surface area contributed by atoms with E-state index in [4.69, 9.17) is 9.47 Å². The smallest absolute Gasteiger partial charge is 0.356 e. The van der Waals surface area contributed by atoms with Crippen LogP contribution in [0.3, 0.4) is 0 Å². The molecule has 0 unspecified atom stereocenters. The van der Waals surface area contributed by atoms with Crippen molar-refractivity contribution in [3.63, 3.8) is 0 Å². The third-order valence-electron chi connectivity index (χ3n) is 2.33. The van der Waals surface area contributed by atoms with Crippen LogP contribution in [0.2, 0.25) is 0 Å². The Morgan fingerprint density at radius 1 is 1.40 bits per heavy atom. The number of ether oxygens (including phenoxy) is 2. The number of H-pyrrole nitrogens is 1. The van der Waals surface area contributed by atoms with Crippen molar-refractivity contribution in [2.45, 2.75) is 32.3 Å². The number of rotatable bonds is 8. The molecule has 6 nitrogen and oxygen atoms in total. The summed E-state index contributed by atoms with van der Waals surface area (Å²) in [6.45, 7) is 6.62. The fraction of sp³-hybridized carbons (Fsp3) is 0.615. The van der Waals surface area contributed by atoms with Gasteiger partial charge in [-0.25, -0.2) is 9.78 Å². The van der Waals surface area contributed by atoms with Gasteiger partial charge in [0.15, 0.2) is 5.16 Å². The molecule has 20 heavy (non-hydrogen) atoms. The van der Waals surface area contributed by atoms with E-state index in [1.807, 2.05) is 0 Å². The van der Waals surface area contributed by atoms with Gasteiger partial charge >= 0.3 is 11.9 Å². The minimum atomic E-state index is -0.452. The van der Waals surface area contributed by atoms with E-state index in [0.29, 0.717) is 24.3 Å². The minimum Gasteiger partial charge on any atom is -0.465 e. The number of nitrogens with zero attached hydrogens (tertiary/aromatic N) is 1. The number of hydrogen-bond acceptors (Lipinski definition) is 6. The van der Waals surface area contributed by atoms with Crippen LogP contribution in [0.1, 0.15) is 37.7 Å². The van der Waals surface area contributed by atoms with E-state index in [9.17, 15) is 9.59 Å². The summed E-state index contributed by atoms with van der Waals surface area (Å²) in [6, 6.07) is 0. The van der Waals surface area contributed by atoms with E-state index in [-0.39, 0.29) is 17.4 Å². The summed E-state index contributed by atoms with van der Waals surface area (Å²) < 4.78 is 9.91. The topological polar surface area (TPSA) is 81.3 Å². The van der Waals surface area contributed by atoms with Crippen LogP contribution in [0.5, 0.6) is 0 Å². The van der Waals surface area contributed by atoms with Crippen molar-refractivity contribution in [3.05, 3.63) is 11.9 Å². The van der Waals surface area contributed by atoms with Crippen molar-refractivity contribution in [1.29, 1.82) is 0 Å². The molecule has 1 aromatic rings. The molecule has 0 aliphatic heterocycles. The summed E-state index contributed by atoms with van der Waals surface area (Å²) >= 11 is 1.19. The molecule has 0 fully saturated rings. The van der Waals surface area contributed by atoms with Crippen LogP contribution in [-0.2, 0) is 14.3 Å². The lowest BCUT2D eigenvalue weighted by Gasteiger charge is -2.05. The molecule has 1 heterocycles. The van der Waals surface area contributed by atoms with Crippen molar-refractivity contribution in [2.24, 2.45) is 5.92 Å². The summed E-state index contributed by atoms with van der Waals surface area (Å²) in [7, 11) is 0. The van der Waals surface area contributed by atoms with Gasteiger partial charge in [-0.1, -0.05) is 25.6 Å². The van der Waals surface area contributed by atoms with Gasteiger partial charge in [0.05, 0.1) is 25.2 Å². The van der Waals surface area contributed by atoms with E-state index < -0.39 is 5.97 Å². The molecule has 0 saturated carbocycles. The van der Waals surface area contributed by atoms with E-state index in [2.05, 4.69) is 23.8 Å². The first kappa shape index (κ1) is 16.6. The van der Waals surface area contributed by atoms with E-state index in [1.165, 1.54) is 18.0 Å². The van der Waals surface area contributed by atoms with E-state index in [1.54, 1.807) is 6.92 Å². The number of thioether (sulfide) groups is 1. The largest absolute Gasteiger partial charge is 0.465 e. The Balaban J connectivity index is 2.31. The maximum Gasteiger partial charge on any atom is 0.356 e. The van der Waals surface area contributed by atoms with Crippen molar-refractivity contribution < 1.29 is 19.1 Å². The Hall–Kier alpha value is -1.50. The van der Waals surface area contributed by atoms with Crippen molar-refractivity contribution >= 4 is 23.7 Å². The molecule has 0 bridgehead atoms. The molecule has 0 aromatic carbocycles. The molecule has 7 heteroatoms. The zero-order valence-corrected chi connectivity index (χ0v) is 12.8. The van der Waals surface area contributed by atoms with Gasteiger partial charge in [-0.3, -0.25) is 4.79 Å². The quantitative estimate of drug-likeness (QED) is 0.586. The molecular weight excluding hydrogens is 280 g/mol.